The number of piperazine rings is 1. The molecule has 2 N–H and O–H groups in total. The summed E-state index contributed by atoms with van der Waals surface area (Å²) < 4.78 is 5.22. The maximum Gasteiger partial charge on any atom is 0.245 e. The van der Waals surface area contributed by atoms with E-state index in [0.717, 1.165) is 17.9 Å². The lowest BCUT2D eigenvalue weighted by atomic mass is 10.0. The predicted molar refractivity (Wildman–Crippen MR) is 88.3 cm³/mol. The van der Waals surface area contributed by atoms with Crippen molar-refractivity contribution in [1.82, 2.24) is 15.5 Å². The zero-order chi connectivity index (χ0) is 16.8. The van der Waals surface area contributed by atoms with Crippen LogP contribution in [-0.2, 0) is 16.0 Å². The fraction of sp³-hybridized carbons (Fsp3) is 0.529. The summed E-state index contributed by atoms with van der Waals surface area (Å²) in [5, 5.41) is 6.10. The van der Waals surface area contributed by atoms with Crippen molar-refractivity contribution in [3.63, 3.8) is 0 Å². The van der Waals surface area contributed by atoms with E-state index in [1.165, 1.54) is 6.92 Å². The molecule has 2 amide bonds. The largest absolute Gasteiger partial charge is 0.497 e. The standard InChI is InChI=1S/C17H25N3O3/c1-12-11-20(8-7-18-12)17(22)16(19-13(2)21)10-14-5-4-6-15(9-14)23-3/h4-6,9,12,16,18H,7-8,10-11H2,1-3H3,(H,19,21)/t12-,16+/m0/s1. The summed E-state index contributed by atoms with van der Waals surface area (Å²) in [6.45, 7) is 5.59. The van der Waals surface area contributed by atoms with Crippen LogP contribution in [0.25, 0.3) is 0 Å². The molecule has 1 saturated heterocycles. The molecular formula is C17H25N3O3. The van der Waals surface area contributed by atoms with Gasteiger partial charge in [0.2, 0.25) is 11.8 Å². The number of nitrogens with zero attached hydrogens (tertiary/aromatic N) is 1. The Labute approximate surface area is 137 Å². The summed E-state index contributed by atoms with van der Waals surface area (Å²) in [6, 6.07) is 7.29. The van der Waals surface area contributed by atoms with Crippen LogP contribution in [0.4, 0.5) is 0 Å². The Morgan fingerprint density at radius 3 is 2.91 bits per heavy atom. The van der Waals surface area contributed by atoms with Gasteiger partial charge in [-0.25, -0.2) is 0 Å². The smallest absolute Gasteiger partial charge is 0.245 e. The van der Waals surface area contributed by atoms with E-state index in [4.69, 9.17) is 4.74 Å². The van der Waals surface area contributed by atoms with Crippen molar-refractivity contribution in [2.75, 3.05) is 26.7 Å². The highest BCUT2D eigenvalue weighted by Crippen LogP contribution is 2.15. The number of nitrogens with one attached hydrogen (secondary N) is 2. The van der Waals surface area contributed by atoms with Gasteiger partial charge in [0.25, 0.3) is 0 Å². The van der Waals surface area contributed by atoms with Gasteiger partial charge in [0.15, 0.2) is 0 Å². The second kappa shape index (κ2) is 7.97. The highest BCUT2D eigenvalue weighted by Gasteiger charge is 2.28. The fourth-order valence-corrected chi connectivity index (χ4v) is 2.83. The Hall–Kier alpha value is -2.08. The molecule has 6 heteroatoms. The van der Waals surface area contributed by atoms with E-state index in [2.05, 4.69) is 17.6 Å². The monoisotopic (exact) mass is 319 g/mol. The third-order valence-corrected chi connectivity index (χ3v) is 3.93. The number of hydrogen-bond donors (Lipinski definition) is 2. The molecule has 0 aliphatic carbocycles. The van der Waals surface area contributed by atoms with Crippen molar-refractivity contribution in [3.8, 4) is 5.75 Å². The van der Waals surface area contributed by atoms with Crippen molar-refractivity contribution in [3.05, 3.63) is 29.8 Å². The third-order valence-electron chi connectivity index (χ3n) is 3.93. The molecule has 126 valence electrons. The highest BCUT2D eigenvalue weighted by atomic mass is 16.5. The first kappa shape index (κ1) is 17.3. The fourth-order valence-electron chi connectivity index (χ4n) is 2.83. The number of carbonyl (C=O) groups is 2. The molecule has 1 aromatic carbocycles. The van der Waals surface area contributed by atoms with E-state index in [0.29, 0.717) is 19.5 Å². The molecule has 6 nitrogen and oxygen atoms in total. The number of carbonyl (C=O) groups excluding carboxylic acids is 2. The van der Waals surface area contributed by atoms with Gasteiger partial charge in [-0.2, -0.15) is 0 Å². The van der Waals surface area contributed by atoms with E-state index in [-0.39, 0.29) is 17.9 Å². The lowest BCUT2D eigenvalue weighted by Crippen LogP contribution is -2.57. The molecule has 0 spiro atoms. The first-order valence-electron chi connectivity index (χ1n) is 7.92. The van der Waals surface area contributed by atoms with Crippen LogP contribution >= 0.6 is 0 Å². The summed E-state index contributed by atoms with van der Waals surface area (Å²) in [4.78, 5) is 26.1. The lowest BCUT2D eigenvalue weighted by molar-refractivity contribution is -0.137. The quantitative estimate of drug-likeness (QED) is 0.832. The summed E-state index contributed by atoms with van der Waals surface area (Å²) in [5.41, 5.74) is 0.958. The molecule has 1 heterocycles. The molecule has 0 bridgehead atoms. The second-order valence-corrected chi connectivity index (χ2v) is 5.95. The minimum Gasteiger partial charge on any atom is -0.497 e. The summed E-state index contributed by atoms with van der Waals surface area (Å²) >= 11 is 0. The third kappa shape index (κ3) is 4.96. The Bertz CT molecular complexity index is 562. The highest BCUT2D eigenvalue weighted by molar-refractivity contribution is 5.87. The van der Waals surface area contributed by atoms with Crippen LogP contribution in [0.5, 0.6) is 5.75 Å². The molecule has 0 aromatic heterocycles. The average molecular weight is 319 g/mol. The van der Waals surface area contributed by atoms with Gasteiger partial charge in [-0.15, -0.1) is 0 Å². The molecule has 23 heavy (non-hydrogen) atoms. The van der Waals surface area contributed by atoms with Crippen molar-refractivity contribution in [2.24, 2.45) is 0 Å². The van der Waals surface area contributed by atoms with Crippen LogP contribution in [0.3, 0.4) is 0 Å². The van der Waals surface area contributed by atoms with Gasteiger partial charge in [-0.3, -0.25) is 9.59 Å². The Morgan fingerprint density at radius 1 is 1.48 bits per heavy atom. The van der Waals surface area contributed by atoms with Crippen LogP contribution in [0.1, 0.15) is 19.4 Å². The van der Waals surface area contributed by atoms with E-state index in [1.807, 2.05) is 29.2 Å². The topological polar surface area (TPSA) is 70.7 Å². The van der Waals surface area contributed by atoms with Crippen molar-refractivity contribution >= 4 is 11.8 Å². The van der Waals surface area contributed by atoms with Gasteiger partial charge < -0.3 is 20.3 Å². The van der Waals surface area contributed by atoms with Crippen molar-refractivity contribution in [2.45, 2.75) is 32.4 Å². The number of amides is 2. The number of ether oxygens (including phenoxy) is 1. The molecule has 1 aliphatic rings. The first-order chi connectivity index (χ1) is 11.0. The summed E-state index contributed by atoms with van der Waals surface area (Å²) in [7, 11) is 1.61. The van der Waals surface area contributed by atoms with E-state index >= 15 is 0 Å². The van der Waals surface area contributed by atoms with Crippen molar-refractivity contribution in [1.29, 1.82) is 0 Å². The maximum absolute atomic E-state index is 12.8. The van der Waals surface area contributed by atoms with Crippen molar-refractivity contribution < 1.29 is 14.3 Å². The molecule has 0 saturated carbocycles. The van der Waals surface area contributed by atoms with Gasteiger partial charge in [-0.05, 0) is 24.6 Å². The predicted octanol–water partition coefficient (Wildman–Crippen LogP) is 0.563. The van der Waals surface area contributed by atoms with Crippen LogP contribution in [0.2, 0.25) is 0 Å². The van der Waals surface area contributed by atoms with E-state index in [1.54, 1.807) is 7.11 Å². The Kier molecular flexibility index (Phi) is 5.98. The van der Waals surface area contributed by atoms with Gasteiger partial charge in [0.05, 0.1) is 7.11 Å². The Morgan fingerprint density at radius 2 is 2.26 bits per heavy atom. The van der Waals surface area contributed by atoms with Gasteiger partial charge >= 0.3 is 0 Å². The van der Waals surface area contributed by atoms with Gasteiger partial charge in [-0.1, -0.05) is 12.1 Å². The minimum atomic E-state index is -0.551. The normalized spacial score (nSPS) is 19.1. The zero-order valence-corrected chi connectivity index (χ0v) is 14.0. The molecule has 0 unspecified atom stereocenters. The average Bonchev–Trinajstić information content (AvgIpc) is 2.53. The number of rotatable bonds is 5. The molecule has 0 radical (unpaired) electrons. The van der Waals surface area contributed by atoms with Crippen LogP contribution in [0.15, 0.2) is 24.3 Å². The molecular weight excluding hydrogens is 294 g/mol. The van der Waals surface area contributed by atoms with Gasteiger partial charge in [0.1, 0.15) is 11.8 Å². The number of methoxy groups -OCH3 is 1. The molecule has 2 rings (SSSR count). The summed E-state index contributed by atoms with van der Waals surface area (Å²) in [5.74, 6) is 0.512. The van der Waals surface area contributed by atoms with E-state index in [9.17, 15) is 9.59 Å². The zero-order valence-electron chi connectivity index (χ0n) is 14.0. The maximum atomic E-state index is 12.8. The second-order valence-electron chi connectivity index (χ2n) is 5.95. The van der Waals surface area contributed by atoms with E-state index < -0.39 is 6.04 Å². The Balaban J connectivity index is 2.12. The SMILES string of the molecule is COc1cccc(C[C@@H](NC(C)=O)C(=O)N2CCN[C@@H](C)C2)c1. The molecule has 1 aliphatic heterocycles. The number of hydrogen-bond acceptors (Lipinski definition) is 4. The minimum absolute atomic E-state index is 0.0311. The molecule has 1 fully saturated rings. The molecule has 2 atom stereocenters. The van der Waals surface area contributed by atoms with Crippen LogP contribution in [0, 0.1) is 0 Å². The number of benzene rings is 1. The molecule has 1 aromatic rings. The van der Waals surface area contributed by atoms with Crippen LogP contribution < -0.4 is 15.4 Å². The van der Waals surface area contributed by atoms with Gasteiger partial charge in [0, 0.05) is 39.0 Å². The summed E-state index contributed by atoms with van der Waals surface area (Å²) in [6.07, 6.45) is 0.452. The first-order valence-corrected chi connectivity index (χ1v) is 7.92. The lowest BCUT2D eigenvalue weighted by Gasteiger charge is -2.34. The van der Waals surface area contributed by atoms with Crippen LogP contribution in [-0.4, -0.2) is 55.5 Å².